The van der Waals surface area contributed by atoms with E-state index in [1.807, 2.05) is 19.1 Å². The van der Waals surface area contributed by atoms with E-state index in [-0.39, 0.29) is 11.4 Å². The molecule has 1 aliphatic rings. The summed E-state index contributed by atoms with van der Waals surface area (Å²) < 4.78 is 5.31. The SMILES string of the molecule is Cc1cc(-n2c(=O)n3n(c2=O)CCCC3)ccc1Br. The molecule has 2 aromatic rings. The highest BCUT2D eigenvalue weighted by molar-refractivity contribution is 9.10. The Hall–Kier alpha value is -1.56. The average molecular weight is 324 g/mol. The van der Waals surface area contributed by atoms with Crippen molar-refractivity contribution in [3.63, 3.8) is 0 Å². The van der Waals surface area contributed by atoms with Crippen LogP contribution in [0.25, 0.3) is 5.69 Å². The zero-order valence-corrected chi connectivity index (χ0v) is 12.2. The summed E-state index contributed by atoms with van der Waals surface area (Å²) in [7, 11) is 0. The van der Waals surface area contributed by atoms with Gasteiger partial charge in [-0.25, -0.2) is 23.5 Å². The van der Waals surface area contributed by atoms with E-state index in [1.165, 1.54) is 4.57 Å². The van der Waals surface area contributed by atoms with Gasteiger partial charge in [-0.2, -0.15) is 0 Å². The first-order valence-electron chi connectivity index (χ1n) is 6.29. The van der Waals surface area contributed by atoms with Crippen LogP contribution in [0.4, 0.5) is 0 Å². The molecule has 100 valence electrons. The van der Waals surface area contributed by atoms with Gasteiger partial charge in [-0.1, -0.05) is 15.9 Å². The largest absolute Gasteiger partial charge is 0.351 e. The standard InChI is InChI=1S/C13H14BrN3O2/c1-9-8-10(4-5-11(9)14)17-12(18)15-6-2-3-7-16(15)13(17)19/h4-5,8H,2-3,6-7H2,1H3. The van der Waals surface area contributed by atoms with Gasteiger partial charge in [0.15, 0.2) is 0 Å². The molecule has 3 rings (SSSR count). The molecule has 0 aliphatic carbocycles. The molecule has 2 heterocycles. The maximum atomic E-state index is 12.3. The molecule has 0 bridgehead atoms. The van der Waals surface area contributed by atoms with Crippen molar-refractivity contribution in [1.82, 2.24) is 13.9 Å². The number of halogens is 1. The van der Waals surface area contributed by atoms with Gasteiger partial charge in [0.1, 0.15) is 0 Å². The average Bonchev–Trinajstić information content (AvgIpc) is 2.66. The quantitative estimate of drug-likeness (QED) is 0.801. The highest BCUT2D eigenvalue weighted by atomic mass is 79.9. The molecule has 1 aromatic heterocycles. The van der Waals surface area contributed by atoms with E-state index < -0.39 is 0 Å². The number of fused-ring (bicyclic) bond motifs is 1. The summed E-state index contributed by atoms with van der Waals surface area (Å²) in [5, 5.41) is 0. The van der Waals surface area contributed by atoms with E-state index in [1.54, 1.807) is 15.4 Å². The van der Waals surface area contributed by atoms with Gasteiger partial charge in [0.2, 0.25) is 0 Å². The Morgan fingerprint density at radius 3 is 2.16 bits per heavy atom. The molecule has 0 radical (unpaired) electrons. The first-order chi connectivity index (χ1) is 9.09. The topological polar surface area (TPSA) is 48.9 Å². The van der Waals surface area contributed by atoms with Gasteiger partial charge in [-0.15, -0.1) is 0 Å². The lowest BCUT2D eigenvalue weighted by Gasteiger charge is -2.13. The predicted octanol–water partition coefficient (Wildman–Crippen LogP) is 1.67. The maximum Gasteiger partial charge on any atom is 0.351 e. The second-order valence-corrected chi connectivity index (χ2v) is 5.64. The Morgan fingerprint density at radius 2 is 1.63 bits per heavy atom. The van der Waals surface area contributed by atoms with Crippen molar-refractivity contribution in [2.24, 2.45) is 0 Å². The van der Waals surface area contributed by atoms with Crippen LogP contribution in [0.1, 0.15) is 18.4 Å². The number of hydrogen-bond acceptors (Lipinski definition) is 2. The predicted molar refractivity (Wildman–Crippen MR) is 76.0 cm³/mol. The summed E-state index contributed by atoms with van der Waals surface area (Å²) in [5.74, 6) is 0. The Labute approximate surface area is 118 Å². The van der Waals surface area contributed by atoms with Crippen LogP contribution in [0.15, 0.2) is 32.3 Å². The second kappa shape index (κ2) is 4.52. The number of nitrogens with zero attached hydrogens (tertiary/aromatic N) is 3. The summed E-state index contributed by atoms with van der Waals surface area (Å²) in [5.41, 5.74) is 1.14. The second-order valence-electron chi connectivity index (χ2n) is 4.79. The highest BCUT2D eigenvalue weighted by Crippen LogP contribution is 2.18. The molecule has 19 heavy (non-hydrogen) atoms. The zero-order chi connectivity index (χ0) is 13.6. The third-order valence-corrected chi connectivity index (χ3v) is 4.39. The van der Waals surface area contributed by atoms with Crippen LogP contribution in [0.3, 0.4) is 0 Å². The lowest BCUT2D eigenvalue weighted by Crippen LogP contribution is -2.30. The molecule has 0 atom stereocenters. The van der Waals surface area contributed by atoms with Crippen LogP contribution in [0, 0.1) is 6.92 Å². The van der Waals surface area contributed by atoms with Crippen molar-refractivity contribution in [3.8, 4) is 5.69 Å². The lowest BCUT2D eigenvalue weighted by atomic mass is 10.2. The van der Waals surface area contributed by atoms with Gasteiger partial charge >= 0.3 is 11.4 Å². The van der Waals surface area contributed by atoms with E-state index in [4.69, 9.17) is 0 Å². The molecule has 0 spiro atoms. The van der Waals surface area contributed by atoms with Crippen molar-refractivity contribution in [3.05, 3.63) is 49.2 Å². The molecule has 0 unspecified atom stereocenters. The first kappa shape index (κ1) is 12.5. The summed E-state index contributed by atoms with van der Waals surface area (Å²) in [6.07, 6.45) is 1.89. The van der Waals surface area contributed by atoms with Gasteiger partial charge in [0.25, 0.3) is 0 Å². The molecule has 1 aliphatic heterocycles. The minimum atomic E-state index is -0.244. The third kappa shape index (κ3) is 1.90. The van der Waals surface area contributed by atoms with Crippen LogP contribution in [-0.4, -0.2) is 13.9 Å². The third-order valence-electron chi connectivity index (χ3n) is 3.51. The van der Waals surface area contributed by atoms with Crippen molar-refractivity contribution < 1.29 is 0 Å². The molecular formula is C13H14BrN3O2. The minimum Gasteiger partial charge on any atom is -0.246 e. The van der Waals surface area contributed by atoms with E-state index in [0.29, 0.717) is 18.8 Å². The fourth-order valence-electron chi connectivity index (χ4n) is 2.46. The fourth-order valence-corrected chi connectivity index (χ4v) is 2.71. The Bertz CT molecular complexity index is 717. The fraction of sp³-hybridized carbons (Fsp3) is 0.385. The number of aromatic nitrogens is 3. The van der Waals surface area contributed by atoms with Crippen molar-refractivity contribution >= 4 is 15.9 Å². The molecule has 0 fully saturated rings. The normalized spacial score (nSPS) is 14.4. The number of rotatable bonds is 1. The van der Waals surface area contributed by atoms with Gasteiger partial charge < -0.3 is 0 Å². The minimum absolute atomic E-state index is 0.244. The Kier molecular flexibility index (Phi) is 2.97. The summed E-state index contributed by atoms with van der Waals surface area (Å²) in [6, 6.07) is 5.49. The van der Waals surface area contributed by atoms with E-state index in [0.717, 1.165) is 22.9 Å². The Morgan fingerprint density at radius 1 is 1.05 bits per heavy atom. The molecule has 6 heteroatoms. The van der Waals surface area contributed by atoms with Gasteiger partial charge in [-0.05, 0) is 43.5 Å². The van der Waals surface area contributed by atoms with Gasteiger partial charge in [-0.3, -0.25) is 0 Å². The molecule has 0 saturated heterocycles. The highest BCUT2D eigenvalue weighted by Gasteiger charge is 2.19. The van der Waals surface area contributed by atoms with E-state index in [9.17, 15) is 9.59 Å². The number of benzene rings is 1. The van der Waals surface area contributed by atoms with Crippen molar-refractivity contribution in [2.75, 3.05) is 0 Å². The summed E-state index contributed by atoms with van der Waals surface area (Å²) in [6.45, 7) is 3.18. The maximum absolute atomic E-state index is 12.3. The molecular weight excluding hydrogens is 310 g/mol. The molecule has 0 amide bonds. The summed E-state index contributed by atoms with van der Waals surface area (Å²) in [4.78, 5) is 24.6. The number of aryl methyl sites for hydroxylation is 1. The van der Waals surface area contributed by atoms with Gasteiger partial charge in [0, 0.05) is 17.6 Å². The number of hydrogen-bond donors (Lipinski definition) is 0. The Balaban J connectivity index is 2.26. The van der Waals surface area contributed by atoms with Crippen molar-refractivity contribution in [2.45, 2.75) is 32.9 Å². The zero-order valence-electron chi connectivity index (χ0n) is 10.6. The van der Waals surface area contributed by atoms with Crippen LogP contribution >= 0.6 is 15.9 Å². The van der Waals surface area contributed by atoms with Crippen LogP contribution < -0.4 is 11.4 Å². The van der Waals surface area contributed by atoms with E-state index >= 15 is 0 Å². The molecule has 5 nitrogen and oxygen atoms in total. The molecule has 0 saturated carbocycles. The molecule has 0 N–H and O–H groups in total. The smallest absolute Gasteiger partial charge is 0.246 e. The van der Waals surface area contributed by atoms with Crippen LogP contribution in [0.5, 0.6) is 0 Å². The monoisotopic (exact) mass is 323 g/mol. The first-order valence-corrected chi connectivity index (χ1v) is 7.08. The van der Waals surface area contributed by atoms with Crippen molar-refractivity contribution in [1.29, 1.82) is 0 Å². The van der Waals surface area contributed by atoms with Crippen LogP contribution in [-0.2, 0) is 13.1 Å². The van der Waals surface area contributed by atoms with Gasteiger partial charge in [0.05, 0.1) is 5.69 Å². The lowest BCUT2D eigenvalue weighted by molar-refractivity contribution is 0.348. The summed E-state index contributed by atoms with van der Waals surface area (Å²) >= 11 is 3.42. The van der Waals surface area contributed by atoms with E-state index in [2.05, 4.69) is 15.9 Å². The van der Waals surface area contributed by atoms with Crippen LogP contribution in [0.2, 0.25) is 0 Å². The molecule has 1 aromatic carbocycles.